The second-order valence-electron chi connectivity index (χ2n) is 4.77. The van der Waals surface area contributed by atoms with Crippen molar-refractivity contribution in [3.8, 4) is 11.5 Å². The van der Waals surface area contributed by atoms with Gasteiger partial charge in [0.1, 0.15) is 30.5 Å². The summed E-state index contributed by atoms with van der Waals surface area (Å²) < 4.78 is 24.4. The number of rotatable bonds is 4. The molecule has 0 saturated heterocycles. The van der Waals surface area contributed by atoms with Crippen molar-refractivity contribution in [2.75, 3.05) is 13.7 Å². The summed E-state index contributed by atoms with van der Waals surface area (Å²) in [7, 11) is 1.91. The summed E-state index contributed by atoms with van der Waals surface area (Å²) in [6.45, 7) is 0.977. The number of fused-ring (bicyclic) bond motifs is 1. The predicted octanol–water partition coefficient (Wildman–Crippen LogP) is 3.06. The van der Waals surface area contributed by atoms with Gasteiger partial charge in [0, 0.05) is 11.6 Å². The van der Waals surface area contributed by atoms with E-state index in [0.29, 0.717) is 13.2 Å². The maximum Gasteiger partial charge on any atom is 0.127 e. The fourth-order valence-electron chi connectivity index (χ4n) is 2.31. The first kappa shape index (κ1) is 12.9. The molecule has 0 bridgehead atoms. The van der Waals surface area contributed by atoms with Crippen LogP contribution in [0.3, 0.4) is 0 Å². The predicted molar refractivity (Wildman–Crippen MR) is 74.5 cm³/mol. The molecule has 3 rings (SSSR count). The van der Waals surface area contributed by atoms with Crippen LogP contribution in [0.2, 0.25) is 0 Å². The van der Waals surface area contributed by atoms with Gasteiger partial charge in [-0.2, -0.15) is 0 Å². The molecule has 4 heteroatoms. The molecule has 2 aromatic rings. The number of benzene rings is 2. The first-order valence-corrected chi connectivity index (χ1v) is 6.57. The molecule has 0 amide bonds. The smallest absolute Gasteiger partial charge is 0.127 e. The van der Waals surface area contributed by atoms with Crippen molar-refractivity contribution in [2.24, 2.45) is 0 Å². The molecule has 1 aliphatic rings. The van der Waals surface area contributed by atoms with Crippen molar-refractivity contribution < 1.29 is 13.9 Å². The highest BCUT2D eigenvalue weighted by molar-refractivity contribution is 5.45. The molecule has 1 unspecified atom stereocenters. The zero-order valence-electron chi connectivity index (χ0n) is 11.2. The van der Waals surface area contributed by atoms with Crippen LogP contribution in [0.4, 0.5) is 4.39 Å². The van der Waals surface area contributed by atoms with Gasteiger partial charge >= 0.3 is 0 Å². The van der Waals surface area contributed by atoms with Crippen LogP contribution in [-0.2, 0) is 6.61 Å². The van der Waals surface area contributed by atoms with Gasteiger partial charge in [-0.25, -0.2) is 4.39 Å². The van der Waals surface area contributed by atoms with Crippen LogP contribution >= 0.6 is 0 Å². The molecule has 2 aromatic carbocycles. The van der Waals surface area contributed by atoms with Crippen molar-refractivity contribution >= 4 is 0 Å². The Morgan fingerprint density at radius 1 is 1.30 bits per heavy atom. The molecular weight excluding hydrogens is 257 g/mol. The van der Waals surface area contributed by atoms with E-state index in [9.17, 15) is 4.39 Å². The van der Waals surface area contributed by atoms with E-state index in [-0.39, 0.29) is 11.9 Å². The van der Waals surface area contributed by atoms with Crippen LogP contribution in [0.15, 0.2) is 42.5 Å². The van der Waals surface area contributed by atoms with Crippen molar-refractivity contribution in [3.63, 3.8) is 0 Å². The lowest BCUT2D eigenvalue weighted by Crippen LogP contribution is -2.17. The van der Waals surface area contributed by atoms with E-state index in [0.717, 1.165) is 22.6 Å². The zero-order chi connectivity index (χ0) is 13.9. The molecule has 104 valence electrons. The second-order valence-corrected chi connectivity index (χ2v) is 4.77. The monoisotopic (exact) mass is 273 g/mol. The lowest BCUT2D eigenvalue weighted by molar-refractivity contribution is 0.298. The number of ether oxygens (including phenoxy) is 2. The molecule has 1 N–H and O–H groups in total. The average Bonchev–Trinajstić information content (AvgIpc) is 2.87. The average molecular weight is 273 g/mol. The molecule has 1 atom stereocenters. The van der Waals surface area contributed by atoms with E-state index in [1.807, 2.05) is 31.3 Å². The summed E-state index contributed by atoms with van der Waals surface area (Å²) in [5.74, 6) is 1.33. The molecule has 0 aromatic heterocycles. The number of likely N-dealkylation sites (N-methyl/N-ethyl adjacent to an activating group) is 1. The number of nitrogens with one attached hydrogen (secondary N) is 1. The Morgan fingerprint density at radius 3 is 3.00 bits per heavy atom. The van der Waals surface area contributed by atoms with Gasteiger partial charge in [0.2, 0.25) is 0 Å². The highest BCUT2D eigenvalue weighted by Crippen LogP contribution is 2.35. The van der Waals surface area contributed by atoms with E-state index in [1.165, 1.54) is 12.1 Å². The maximum atomic E-state index is 13.1. The zero-order valence-corrected chi connectivity index (χ0v) is 11.2. The molecule has 0 saturated carbocycles. The highest BCUT2D eigenvalue weighted by Gasteiger charge is 2.22. The van der Waals surface area contributed by atoms with Crippen LogP contribution < -0.4 is 14.8 Å². The Kier molecular flexibility index (Phi) is 3.56. The van der Waals surface area contributed by atoms with E-state index >= 15 is 0 Å². The summed E-state index contributed by atoms with van der Waals surface area (Å²) >= 11 is 0. The lowest BCUT2D eigenvalue weighted by atomic mass is 10.1. The van der Waals surface area contributed by atoms with Crippen LogP contribution in [0.25, 0.3) is 0 Å². The Labute approximate surface area is 117 Å². The molecule has 20 heavy (non-hydrogen) atoms. The van der Waals surface area contributed by atoms with Gasteiger partial charge in [0.15, 0.2) is 0 Å². The molecule has 1 aliphatic heterocycles. The van der Waals surface area contributed by atoms with Gasteiger partial charge in [0.05, 0.1) is 6.04 Å². The van der Waals surface area contributed by atoms with E-state index < -0.39 is 0 Å². The second kappa shape index (κ2) is 5.51. The normalized spacial score (nSPS) is 16.6. The lowest BCUT2D eigenvalue weighted by Gasteiger charge is -2.09. The quantitative estimate of drug-likeness (QED) is 0.928. The fraction of sp³-hybridized carbons (Fsp3) is 0.250. The topological polar surface area (TPSA) is 30.5 Å². The van der Waals surface area contributed by atoms with Gasteiger partial charge in [-0.3, -0.25) is 0 Å². The summed E-state index contributed by atoms with van der Waals surface area (Å²) in [4.78, 5) is 0. The third-order valence-corrected chi connectivity index (χ3v) is 3.41. The molecule has 0 aliphatic carbocycles. The van der Waals surface area contributed by atoms with Gasteiger partial charge in [-0.1, -0.05) is 12.1 Å². The van der Waals surface area contributed by atoms with E-state index in [1.54, 1.807) is 6.07 Å². The molecule has 0 fully saturated rings. The van der Waals surface area contributed by atoms with Crippen LogP contribution in [-0.4, -0.2) is 13.7 Å². The van der Waals surface area contributed by atoms with Gasteiger partial charge in [-0.15, -0.1) is 0 Å². The van der Waals surface area contributed by atoms with Gasteiger partial charge < -0.3 is 14.8 Å². The Hall–Kier alpha value is -2.07. The van der Waals surface area contributed by atoms with Crippen molar-refractivity contribution in [1.82, 2.24) is 5.32 Å². The number of hydrogen-bond donors (Lipinski definition) is 1. The molecule has 0 radical (unpaired) electrons. The minimum Gasteiger partial charge on any atom is -0.491 e. The number of halogens is 1. The van der Waals surface area contributed by atoms with Crippen molar-refractivity contribution in [1.29, 1.82) is 0 Å². The highest BCUT2D eigenvalue weighted by atomic mass is 19.1. The fourth-order valence-corrected chi connectivity index (χ4v) is 2.31. The molecule has 1 heterocycles. The van der Waals surface area contributed by atoms with Gasteiger partial charge in [0.25, 0.3) is 0 Å². The maximum absolute atomic E-state index is 13.1. The SMILES string of the molecule is CNC1COc2cc(OCc3cccc(F)c3)ccc21. The van der Waals surface area contributed by atoms with E-state index in [4.69, 9.17) is 9.47 Å². The van der Waals surface area contributed by atoms with Crippen molar-refractivity contribution in [3.05, 3.63) is 59.4 Å². The first-order valence-electron chi connectivity index (χ1n) is 6.57. The molecular formula is C16H16FNO2. The van der Waals surface area contributed by atoms with Crippen molar-refractivity contribution in [2.45, 2.75) is 12.6 Å². The Balaban J connectivity index is 1.70. The van der Waals surface area contributed by atoms with Crippen LogP contribution in [0, 0.1) is 5.82 Å². The largest absolute Gasteiger partial charge is 0.491 e. The summed E-state index contributed by atoms with van der Waals surface area (Å²) in [5, 5.41) is 3.20. The third kappa shape index (κ3) is 2.60. The van der Waals surface area contributed by atoms with Crippen LogP contribution in [0.5, 0.6) is 11.5 Å². The summed E-state index contributed by atoms with van der Waals surface area (Å²) in [5.41, 5.74) is 1.95. The molecule has 0 spiro atoms. The summed E-state index contributed by atoms with van der Waals surface area (Å²) in [6, 6.07) is 12.4. The standard InChI is InChI=1S/C16H16FNO2/c1-18-15-10-20-16-8-13(5-6-14(15)16)19-9-11-3-2-4-12(17)7-11/h2-8,15,18H,9-10H2,1H3. The minimum atomic E-state index is -0.250. The van der Waals surface area contributed by atoms with Crippen LogP contribution in [0.1, 0.15) is 17.2 Å². The first-order chi connectivity index (χ1) is 9.76. The Morgan fingerprint density at radius 2 is 2.20 bits per heavy atom. The number of hydrogen-bond acceptors (Lipinski definition) is 3. The Bertz CT molecular complexity index is 615. The molecule has 3 nitrogen and oxygen atoms in total. The van der Waals surface area contributed by atoms with Gasteiger partial charge in [-0.05, 0) is 36.9 Å². The third-order valence-electron chi connectivity index (χ3n) is 3.41. The minimum absolute atomic E-state index is 0.238. The summed E-state index contributed by atoms with van der Waals surface area (Å²) in [6.07, 6.45) is 0. The van der Waals surface area contributed by atoms with E-state index in [2.05, 4.69) is 5.32 Å².